The minimum atomic E-state index is 0.0743. The molecule has 0 aromatic heterocycles. The highest BCUT2D eigenvalue weighted by Crippen LogP contribution is 2.32. The van der Waals surface area contributed by atoms with Gasteiger partial charge in [-0.1, -0.05) is 17.7 Å². The molecule has 2 rings (SSSR count). The molecule has 0 radical (unpaired) electrons. The summed E-state index contributed by atoms with van der Waals surface area (Å²) in [6.07, 6.45) is 1.05. The Morgan fingerprint density at radius 1 is 1.50 bits per heavy atom. The monoisotopic (exact) mass is 191 g/mol. The predicted molar refractivity (Wildman–Crippen MR) is 58.8 cm³/mol. The average molecular weight is 191 g/mol. The summed E-state index contributed by atoms with van der Waals surface area (Å²) in [7, 11) is 1.75. The van der Waals surface area contributed by atoms with Gasteiger partial charge in [-0.05, 0) is 31.9 Å². The molecule has 14 heavy (non-hydrogen) atoms. The van der Waals surface area contributed by atoms with Crippen molar-refractivity contribution in [3.05, 3.63) is 29.3 Å². The minimum Gasteiger partial charge on any atom is -0.382 e. The van der Waals surface area contributed by atoms with E-state index in [1.54, 1.807) is 7.11 Å². The zero-order valence-electron chi connectivity index (χ0n) is 9.05. The van der Waals surface area contributed by atoms with E-state index in [0.29, 0.717) is 0 Å². The second-order valence-electron chi connectivity index (χ2n) is 4.46. The number of hydrogen-bond acceptors (Lipinski definition) is 2. The van der Waals surface area contributed by atoms with Crippen molar-refractivity contribution >= 4 is 5.69 Å². The van der Waals surface area contributed by atoms with Gasteiger partial charge in [0.1, 0.15) is 0 Å². The molecule has 0 bridgehead atoms. The van der Waals surface area contributed by atoms with Gasteiger partial charge in [0.15, 0.2) is 0 Å². The van der Waals surface area contributed by atoms with Crippen molar-refractivity contribution < 1.29 is 4.74 Å². The number of ether oxygens (including phenoxy) is 1. The van der Waals surface area contributed by atoms with Gasteiger partial charge < -0.3 is 10.1 Å². The van der Waals surface area contributed by atoms with E-state index in [1.165, 1.54) is 16.8 Å². The summed E-state index contributed by atoms with van der Waals surface area (Å²) >= 11 is 0. The fraction of sp³-hybridized carbons (Fsp3) is 0.500. The van der Waals surface area contributed by atoms with Gasteiger partial charge in [0.25, 0.3) is 0 Å². The molecule has 0 amide bonds. The summed E-state index contributed by atoms with van der Waals surface area (Å²) in [6, 6.07) is 6.55. The van der Waals surface area contributed by atoms with E-state index in [-0.39, 0.29) is 5.54 Å². The predicted octanol–water partition coefficient (Wildman–Crippen LogP) is 2.37. The Morgan fingerprint density at radius 3 is 3.00 bits per heavy atom. The Kier molecular flexibility index (Phi) is 2.23. The van der Waals surface area contributed by atoms with Crippen molar-refractivity contribution in [2.24, 2.45) is 0 Å². The molecule has 1 unspecified atom stereocenters. The first-order valence-corrected chi connectivity index (χ1v) is 5.00. The van der Waals surface area contributed by atoms with E-state index in [1.807, 2.05) is 0 Å². The first-order chi connectivity index (χ1) is 6.63. The Bertz CT molecular complexity index is 348. The van der Waals surface area contributed by atoms with Crippen LogP contribution in [0.15, 0.2) is 18.2 Å². The summed E-state index contributed by atoms with van der Waals surface area (Å²) in [5.74, 6) is 0. The Hall–Kier alpha value is -1.02. The maximum Gasteiger partial charge on any atom is 0.0693 e. The van der Waals surface area contributed by atoms with Crippen LogP contribution in [0.4, 0.5) is 5.69 Å². The van der Waals surface area contributed by atoms with E-state index in [9.17, 15) is 0 Å². The van der Waals surface area contributed by atoms with Gasteiger partial charge >= 0.3 is 0 Å². The highest BCUT2D eigenvalue weighted by atomic mass is 16.5. The van der Waals surface area contributed by atoms with E-state index < -0.39 is 0 Å². The molecule has 0 saturated carbocycles. The molecule has 2 heteroatoms. The molecule has 1 aromatic rings. The van der Waals surface area contributed by atoms with Crippen molar-refractivity contribution in [2.75, 3.05) is 19.0 Å². The third-order valence-electron chi connectivity index (χ3n) is 2.74. The van der Waals surface area contributed by atoms with Crippen LogP contribution >= 0.6 is 0 Å². The largest absolute Gasteiger partial charge is 0.382 e. The van der Waals surface area contributed by atoms with E-state index in [4.69, 9.17) is 4.74 Å². The molecule has 1 atom stereocenters. The van der Waals surface area contributed by atoms with E-state index in [2.05, 4.69) is 37.4 Å². The van der Waals surface area contributed by atoms with Crippen molar-refractivity contribution in [1.82, 2.24) is 0 Å². The van der Waals surface area contributed by atoms with Crippen LogP contribution in [0.1, 0.15) is 18.1 Å². The second-order valence-corrected chi connectivity index (χ2v) is 4.46. The Balaban J connectivity index is 2.25. The molecule has 1 N–H and O–H groups in total. The van der Waals surface area contributed by atoms with Crippen LogP contribution < -0.4 is 5.32 Å². The topological polar surface area (TPSA) is 21.3 Å². The lowest BCUT2D eigenvalue weighted by molar-refractivity contribution is 0.153. The second kappa shape index (κ2) is 3.28. The lowest BCUT2D eigenvalue weighted by atomic mass is 9.98. The zero-order valence-corrected chi connectivity index (χ0v) is 9.05. The molecule has 1 heterocycles. The van der Waals surface area contributed by atoms with Gasteiger partial charge in [-0.25, -0.2) is 0 Å². The number of anilines is 1. The maximum absolute atomic E-state index is 5.23. The highest BCUT2D eigenvalue weighted by molar-refractivity contribution is 5.59. The first-order valence-electron chi connectivity index (χ1n) is 5.00. The summed E-state index contributed by atoms with van der Waals surface area (Å²) in [4.78, 5) is 0. The number of nitrogens with one attached hydrogen (secondary N) is 1. The molecular formula is C12H17NO. The fourth-order valence-corrected chi connectivity index (χ4v) is 2.19. The third-order valence-corrected chi connectivity index (χ3v) is 2.74. The molecule has 0 aliphatic carbocycles. The molecular weight excluding hydrogens is 174 g/mol. The van der Waals surface area contributed by atoms with Gasteiger partial charge in [0.05, 0.1) is 12.1 Å². The quantitative estimate of drug-likeness (QED) is 0.775. The maximum atomic E-state index is 5.23. The van der Waals surface area contributed by atoms with E-state index in [0.717, 1.165) is 13.0 Å². The fourth-order valence-electron chi connectivity index (χ4n) is 2.19. The van der Waals surface area contributed by atoms with Gasteiger partial charge in [-0.15, -0.1) is 0 Å². The molecule has 76 valence electrons. The van der Waals surface area contributed by atoms with Crippen LogP contribution in [0.3, 0.4) is 0 Å². The van der Waals surface area contributed by atoms with Crippen LogP contribution in [0.5, 0.6) is 0 Å². The molecule has 0 saturated heterocycles. The third kappa shape index (κ3) is 1.62. The average Bonchev–Trinajstić information content (AvgIpc) is 2.40. The first kappa shape index (κ1) is 9.53. The number of hydrogen-bond donors (Lipinski definition) is 1. The van der Waals surface area contributed by atoms with Gasteiger partial charge in [0, 0.05) is 12.8 Å². The minimum absolute atomic E-state index is 0.0743. The lowest BCUT2D eigenvalue weighted by Gasteiger charge is -2.23. The summed E-state index contributed by atoms with van der Waals surface area (Å²) in [5.41, 5.74) is 4.07. The normalized spacial score (nSPS) is 24.5. The number of rotatable bonds is 2. The molecule has 2 nitrogen and oxygen atoms in total. The number of aryl methyl sites for hydroxylation is 1. The zero-order chi connectivity index (χ0) is 10.2. The van der Waals surface area contributed by atoms with Crippen molar-refractivity contribution in [1.29, 1.82) is 0 Å². The summed E-state index contributed by atoms with van der Waals surface area (Å²) in [5, 5.41) is 3.51. The molecule has 1 aliphatic heterocycles. The van der Waals surface area contributed by atoms with Crippen LogP contribution in [0.25, 0.3) is 0 Å². The van der Waals surface area contributed by atoms with Crippen molar-refractivity contribution in [3.63, 3.8) is 0 Å². The number of methoxy groups -OCH3 is 1. The Labute approximate surface area is 85.3 Å². The van der Waals surface area contributed by atoms with Crippen LogP contribution in [0, 0.1) is 6.92 Å². The van der Waals surface area contributed by atoms with Crippen molar-refractivity contribution in [2.45, 2.75) is 25.8 Å². The van der Waals surface area contributed by atoms with E-state index >= 15 is 0 Å². The number of benzene rings is 1. The van der Waals surface area contributed by atoms with Crippen LogP contribution in [0.2, 0.25) is 0 Å². The van der Waals surface area contributed by atoms with Gasteiger partial charge in [-0.3, -0.25) is 0 Å². The van der Waals surface area contributed by atoms with Crippen molar-refractivity contribution in [3.8, 4) is 0 Å². The molecule has 0 spiro atoms. The van der Waals surface area contributed by atoms with Gasteiger partial charge in [0.2, 0.25) is 0 Å². The van der Waals surface area contributed by atoms with Crippen LogP contribution in [-0.4, -0.2) is 19.3 Å². The number of fused-ring (bicyclic) bond motifs is 1. The molecule has 1 aliphatic rings. The summed E-state index contributed by atoms with van der Waals surface area (Å²) in [6.45, 7) is 5.08. The van der Waals surface area contributed by atoms with Crippen LogP contribution in [-0.2, 0) is 11.2 Å². The highest BCUT2D eigenvalue weighted by Gasteiger charge is 2.31. The summed E-state index contributed by atoms with van der Waals surface area (Å²) < 4.78 is 5.23. The molecule has 0 fully saturated rings. The standard InChI is InChI=1S/C12H17NO/c1-9-4-5-11-10(6-9)7-12(2,13-11)8-14-3/h4-6,13H,7-8H2,1-3H3. The lowest BCUT2D eigenvalue weighted by Crippen LogP contribution is -2.37. The SMILES string of the molecule is COCC1(C)Cc2cc(C)ccc2N1. The van der Waals surface area contributed by atoms with Gasteiger partial charge in [-0.2, -0.15) is 0 Å². The Morgan fingerprint density at radius 2 is 2.29 bits per heavy atom. The smallest absolute Gasteiger partial charge is 0.0693 e. The molecule has 1 aromatic carbocycles.